The summed E-state index contributed by atoms with van der Waals surface area (Å²) < 4.78 is 9.77. The molecule has 0 spiro atoms. The third-order valence-corrected chi connectivity index (χ3v) is 1.75. The summed E-state index contributed by atoms with van der Waals surface area (Å²) >= 11 is 0. The van der Waals surface area contributed by atoms with Crippen LogP contribution in [0.1, 0.15) is 35.7 Å². The zero-order chi connectivity index (χ0) is 9.84. The molecule has 1 rings (SSSR count). The third kappa shape index (κ3) is 1.88. The number of esters is 1. The number of nitrogens with zero attached hydrogens (tertiary/aromatic N) is 1. The first-order valence-corrected chi connectivity index (χ1v) is 4.32. The Balaban J connectivity index is 2.96. The van der Waals surface area contributed by atoms with E-state index in [-0.39, 0.29) is 5.97 Å². The maximum absolute atomic E-state index is 11.4. The highest BCUT2D eigenvalue weighted by Gasteiger charge is 2.19. The average Bonchev–Trinajstić information content (AvgIpc) is 2.47. The second-order valence-electron chi connectivity index (χ2n) is 2.63. The van der Waals surface area contributed by atoms with Crippen LogP contribution in [0.4, 0.5) is 0 Å². The molecule has 0 aromatic carbocycles. The Morgan fingerprint density at radius 3 is 2.77 bits per heavy atom. The van der Waals surface area contributed by atoms with Crippen molar-refractivity contribution in [1.82, 2.24) is 5.16 Å². The van der Waals surface area contributed by atoms with Gasteiger partial charge in [-0.05, 0) is 20.3 Å². The Morgan fingerprint density at radius 1 is 1.54 bits per heavy atom. The molecule has 72 valence electrons. The van der Waals surface area contributed by atoms with Crippen LogP contribution in [0.5, 0.6) is 0 Å². The third-order valence-electron chi connectivity index (χ3n) is 1.75. The molecule has 0 aliphatic rings. The van der Waals surface area contributed by atoms with Crippen LogP contribution in [0.15, 0.2) is 4.52 Å². The number of hydrogen-bond acceptors (Lipinski definition) is 4. The second-order valence-corrected chi connectivity index (χ2v) is 2.63. The van der Waals surface area contributed by atoms with Crippen LogP contribution in [0.2, 0.25) is 0 Å². The smallest absolute Gasteiger partial charge is 0.343 e. The monoisotopic (exact) mass is 183 g/mol. The topological polar surface area (TPSA) is 52.3 Å². The van der Waals surface area contributed by atoms with Crippen molar-refractivity contribution in [2.45, 2.75) is 27.2 Å². The van der Waals surface area contributed by atoms with Gasteiger partial charge in [0.1, 0.15) is 11.3 Å². The van der Waals surface area contributed by atoms with E-state index in [9.17, 15) is 4.79 Å². The molecule has 0 fully saturated rings. The van der Waals surface area contributed by atoms with E-state index in [0.717, 1.165) is 0 Å². The van der Waals surface area contributed by atoms with E-state index in [2.05, 4.69) is 5.16 Å². The number of hydrogen-bond donors (Lipinski definition) is 0. The van der Waals surface area contributed by atoms with Crippen LogP contribution in [-0.2, 0) is 11.2 Å². The van der Waals surface area contributed by atoms with Crippen molar-refractivity contribution < 1.29 is 14.1 Å². The van der Waals surface area contributed by atoms with Gasteiger partial charge < -0.3 is 9.26 Å². The summed E-state index contributed by atoms with van der Waals surface area (Å²) in [5.74, 6) is 0.174. The molecule has 1 aromatic heterocycles. The van der Waals surface area contributed by atoms with Gasteiger partial charge in [-0.3, -0.25) is 0 Å². The fraction of sp³-hybridized carbons (Fsp3) is 0.556. The first kappa shape index (κ1) is 9.77. The van der Waals surface area contributed by atoms with Crippen molar-refractivity contribution in [2.75, 3.05) is 6.61 Å². The molecule has 0 aliphatic carbocycles. The van der Waals surface area contributed by atoms with Crippen LogP contribution in [-0.4, -0.2) is 17.7 Å². The van der Waals surface area contributed by atoms with E-state index in [1.165, 1.54) is 0 Å². The number of aromatic nitrogens is 1. The largest absolute Gasteiger partial charge is 0.462 e. The maximum Gasteiger partial charge on any atom is 0.343 e. The highest BCUT2D eigenvalue weighted by Crippen LogP contribution is 2.14. The van der Waals surface area contributed by atoms with E-state index in [4.69, 9.17) is 9.26 Å². The van der Waals surface area contributed by atoms with Crippen molar-refractivity contribution in [3.8, 4) is 0 Å². The Kier molecular flexibility index (Phi) is 3.06. The molecule has 0 aliphatic heterocycles. The molecule has 13 heavy (non-hydrogen) atoms. The number of ether oxygens (including phenoxy) is 1. The summed E-state index contributed by atoms with van der Waals surface area (Å²) in [5, 5.41) is 3.76. The fourth-order valence-corrected chi connectivity index (χ4v) is 1.12. The summed E-state index contributed by atoms with van der Waals surface area (Å²) in [5.41, 5.74) is 1.14. The van der Waals surface area contributed by atoms with Crippen molar-refractivity contribution in [3.05, 3.63) is 17.0 Å². The molecule has 0 unspecified atom stereocenters. The Labute approximate surface area is 76.9 Å². The van der Waals surface area contributed by atoms with E-state index in [1.54, 1.807) is 13.8 Å². The van der Waals surface area contributed by atoms with Gasteiger partial charge in [0.2, 0.25) is 0 Å². The summed E-state index contributed by atoms with van der Waals surface area (Å²) in [7, 11) is 0. The number of rotatable bonds is 3. The Hall–Kier alpha value is -1.32. The minimum absolute atomic E-state index is 0.349. The SMILES string of the molecule is CCOC(=O)c1c(CC)noc1C. The lowest BCUT2D eigenvalue weighted by Crippen LogP contribution is -2.07. The molecule has 0 bridgehead atoms. The van der Waals surface area contributed by atoms with Crippen molar-refractivity contribution in [3.63, 3.8) is 0 Å². The molecular weight excluding hydrogens is 170 g/mol. The molecule has 1 aromatic rings. The average molecular weight is 183 g/mol. The molecule has 0 saturated carbocycles. The van der Waals surface area contributed by atoms with E-state index >= 15 is 0 Å². The van der Waals surface area contributed by atoms with E-state index < -0.39 is 0 Å². The standard InChI is InChI=1S/C9H13NO3/c1-4-7-8(6(3)13-10-7)9(11)12-5-2/h4-5H2,1-3H3. The van der Waals surface area contributed by atoms with Gasteiger partial charge in [0, 0.05) is 0 Å². The van der Waals surface area contributed by atoms with Crippen LogP contribution < -0.4 is 0 Å². The predicted molar refractivity (Wildman–Crippen MR) is 46.6 cm³/mol. The lowest BCUT2D eigenvalue weighted by atomic mass is 10.1. The summed E-state index contributed by atoms with van der Waals surface area (Å²) in [6, 6.07) is 0. The normalized spacial score (nSPS) is 10.1. The predicted octanol–water partition coefficient (Wildman–Crippen LogP) is 1.72. The molecule has 4 heteroatoms. The van der Waals surface area contributed by atoms with Gasteiger partial charge in [-0.15, -0.1) is 0 Å². The second kappa shape index (κ2) is 4.07. The van der Waals surface area contributed by atoms with Crippen molar-refractivity contribution in [1.29, 1.82) is 0 Å². The van der Waals surface area contributed by atoms with E-state index in [0.29, 0.717) is 30.0 Å². The van der Waals surface area contributed by atoms with Gasteiger partial charge in [0.25, 0.3) is 0 Å². The highest BCUT2D eigenvalue weighted by atomic mass is 16.5. The quantitative estimate of drug-likeness (QED) is 0.669. The molecule has 0 atom stereocenters. The lowest BCUT2D eigenvalue weighted by Gasteiger charge is -1.99. The van der Waals surface area contributed by atoms with Gasteiger partial charge in [0.05, 0.1) is 12.3 Å². The highest BCUT2D eigenvalue weighted by molar-refractivity contribution is 5.91. The van der Waals surface area contributed by atoms with Gasteiger partial charge in [-0.1, -0.05) is 12.1 Å². The summed E-state index contributed by atoms with van der Waals surface area (Å²) in [6.45, 7) is 5.76. The van der Waals surface area contributed by atoms with Gasteiger partial charge in [-0.2, -0.15) is 0 Å². The molecule has 0 radical (unpaired) electrons. The molecular formula is C9H13NO3. The summed E-state index contributed by atoms with van der Waals surface area (Å²) in [6.07, 6.45) is 0.672. The van der Waals surface area contributed by atoms with Crippen molar-refractivity contribution >= 4 is 5.97 Å². The lowest BCUT2D eigenvalue weighted by molar-refractivity contribution is 0.0523. The Morgan fingerprint density at radius 2 is 2.23 bits per heavy atom. The number of carbonyl (C=O) groups excluding carboxylic acids is 1. The van der Waals surface area contributed by atoms with Crippen LogP contribution in [0.25, 0.3) is 0 Å². The van der Waals surface area contributed by atoms with Gasteiger partial charge >= 0.3 is 5.97 Å². The van der Waals surface area contributed by atoms with Crippen molar-refractivity contribution in [2.24, 2.45) is 0 Å². The first-order chi connectivity index (χ1) is 6.20. The first-order valence-electron chi connectivity index (χ1n) is 4.32. The Bertz CT molecular complexity index is 304. The number of carbonyl (C=O) groups is 1. The zero-order valence-corrected chi connectivity index (χ0v) is 8.09. The fourth-order valence-electron chi connectivity index (χ4n) is 1.12. The number of aryl methyl sites for hydroxylation is 2. The molecule has 1 heterocycles. The minimum atomic E-state index is -0.349. The maximum atomic E-state index is 11.4. The van der Waals surface area contributed by atoms with Crippen LogP contribution in [0, 0.1) is 6.92 Å². The van der Waals surface area contributed by atoms with E-state index in [1.807, 2.05) is 6.92 Å². The molecule has 4 nitrogen and oxygen atoms in total. The van der Waals surface area contributed by atoms with Gasteiger partial charge in [0.15, 0.2) is 0 Å². The minimum Gasteiger partial charge on any atom is -0.462 e. The molecule has 0 saturated heterocycles. The molecule has 0 amide bonds. The summed E-state index contributed by atoms with van der Waals surface area (Å²) in [4.78, 5) is 11.4. The van der Waals surface area contributed by atoms with Crippen LogP contribution >= 0.6 is 0 Å². The van der Waals surface area contributed by atoms with Crippen LogP contribution in [0.3, 0.4) is 0 Å². The zero-order valence-electron chi connectivity index (χ0n) is 8.09. The van der Waals surface area contributed by atoms with Gasteiger partial charge in [-0.25, -0.2) is 4.79 Å². The molecule has 0 N–H and O–H groups in total.